The van der Waals surface area contributed by atoms with Crippen molar-refractivity contribution in [2.75, 3.05) is 6.54 Å². The summed E-state index contributed by atoms with van der Waals surface area (Å²) in [6.45, 7) is -0.205. The Morgan fingerprint density at radius 1 is 1.48 bits per heavy atom. The van der Waals surface area contributed by atoms with Gasteiger partial charge in [-0.05, 0) is 25.7 Å². The number of aryl methyl sites for hydroxylation is 1. The van der Waals surface area contributed by atoms with Gasteiger partial charge in [0.25, 0.3) is 5.91 Å². The molecule has 1 heterocycles. The van der Waals surface area contributed by atoms with Crippen molar-refractivity contribution >= 4 is 17.7 Å². The molecule has 8 heteroatoms. The van der Waals surface area contributed by atoms with Gasteiger partial charge in [0, 0.05) is 7.05 Å². The minimum Gasteiger partial charge on any atom is -0.461 e. The predicted octanol–water partition coefficient (Wildman–Crippen LogP) is 1.69. The van der Waals surface area contributed by atoms with E-state index in [0.29, 0.717) is 0 Å². The van der Waals surface area contributed by atoms with Gasteiger partial charge in [-0.25, -0.2) is 10.5 Å². The molecule has 1 aliphatic rings. The summed E-state index contributed by atoms with van der Waals surface area (Å²) in [5.74, 6) is -0.842. The Hall–Kier alpha value is -2.25. The first-order valence-corrected chi connectivity index (χ1v) is 6.98. The lowest BCUT2D eigenvalue weighted by molar-refractivity contribution is -0.149. The smallest absolute Gasteiger partial charge is 0.325 e. The highest BCUT2D eigenvalue weighted by Crippen LogP contribution is 2.20. The van der Waals surface area contributed by atoms with E-state index in [4.69, 9.17) is 10.3 Å². The fraction of sp³-hybridized carbons (Fsp3) is 0.615. The summed E-state index contributed by atoms with van der Waals surface area (Å²) >= 11 is 0. The molecule has 1 aromatic rings. The van der Waals surface area contributed by atoms with E-state index in [1.54, 1.807) is 7.05 Å². The monoisotopic (exact) mass is 293 g/mol. The summed E-state index contributed by atoms with van der Waals surface area (Å²) in [5, 5.41) is 5.69. The second-order valence-electron chi connectivity index (χ2n) is 5.07. The van der Waals surface area contributed by atoms with Gasteiger partial charge in [0.05, 0.1) is 6.33 Å². The molecule has 0 radical (unpaired) electrons. The number of rotatable bonds is 5. The van der Waals surface area contributed by atoms with Gasteiger partial charge in [-0.1, -0.05) is 6.42 Å². The van der Waals surface area contributed by atoms with E-state index in [1.807, 2.05) is 0 Å². The first-order valence-electron chi connectivity index (χ1n) is 6.98. The second kappa shape index (κ2) is 6.96. The molecule has 1 fully saturated rings. The third-order valence-electron chi connectivity index (χ3n) is 3.47. The predicted molar refractivity (Wildman–Crippen MR) is 73.3 cm³/mol. The molecule has 1 aromatic heterocycles. The average Bonchev–Trinajstić information content (AvgIpc) is 2.86. The number of esters is 1. The molecule has 0 unspecified atom stereocenters. The Morgan fingerprint density at radius 3 is 2.86 bits per heavy atom. The van der Waals surface area contributed by atoms with Crippen molar-refractivity contribution in [1.82, 2.24) is 14.9 Å². The van der Waals surface area contributed by atoms with Crippen molar-refractivity contribution in [1.29, 1.82) is 5.53 Å². The zero-order valence-corrected chi connectivity index (χ0v) is 12.0. The van der Waals surface area contributed by atoms with Crippen LogP contribution in [-0.4, -0.2) is 34.1 Å². The molecular formula is C13H19N5O3. The number of carbonyl (C=O) groups is 2. The molecule has 8 nitrogen and oxygen atoms in total. The molecule has 2 rings (SSSR count). The maximum Gasteiger partial charge on any atom is 0.325 e. The van der Waals surface area contributed by atoms with Gasteiger partial charge >= 0.3 is 5.97 Å². The average molecular weight is 293 g/mol. The topological polar surface area (TPSA) is 109 Å². The molecule has 114 valence electrons. The van der Waals surface area contributed by atoms with E-state index in [-0.39, 0.29) is 24.2 Å². The molecule has 0 aliphatic heterocycles. The van der Waals surface area contributed by atoms with Crippen LogP contribution in [0.25, 0.3) is 0 Å². The lowest BCUT2D eigenvalue weighted by Gasteiger charge is -2.21. The van der Waals surface area contributed by atoms with Crippen molar-refractivity contribution in [3.8, 4) is 0 Å². The highest BCUT2D eigenvalue weighted by atomic mass is 16.5. The molecular weight excluding hydrogens is 274 g/mol. The Balaban J connectivity index is 1.82. The molecule has 1 amide bonds. The molecule has 21 heavy (non-hydrogen) atoms. The normalized spacial score (nSPS) is 15.5. The molecule has 2 N–H and O–H groups in total. The summed E-state index contributed by atoms with van der Waals surface area (Å²) in [6, 6.07) is 0. The summed E-state index contributed by atoms with van der Waals surface area (Å²) in [4.78, 5) is 27.4. The molecule has 1 aliphatic carbocycles. The van der Waals surface area contributed by atoms with Crippen molar-refractivity contribution < 1.29 is 14.3 Å². The number of ether oxygens (including phenoxy) is 1. The van der Waals surface area contributed by atoms with Gasteiger partial charge in [0.15, 0.2) is 11.5 Å². The number of hydrogen-bond acceptors (Lipinski definition) is 6. The van der Waals surface area contributed by atoms with E-state index < -0.39 is 11.9 Å². The standard InChI is InChI=1S/C13H19N5O3/c1-18-8-16-11(12(18)17-14)13(20)15-7-10(19)21-9-5-3-2-4-6-9/h8-9,14H,2-7H2,1H3,(H,15,20). The van der Waals surface area contributed by atoms with Crippen LogP contribution in [0.15, 0.2) is 11.4 Å². The maximum absolute atomic E-state index is 11.9. The minimum atomic E-state index is -0.540. The van der Waals surface area contributed by atoms with Crippen LogP contribution in [0.3, 0.4) is 0 Å². The fourth-order valence-corrected chi connectivity index (χ4v) is 2.36. The number of hydrogen-bond donors (Lipinski definition) is 2. The largest absolute Gasteiger partial charge is 0.461 e. The Labute approximate surface area is 122 Å². The van der Waals surface area contributed by atoms with Crippen LogP contribution in [0, 0.1) is 5.53 Å². The Kier molecular flexibility index (Phi) is 5.02. The number of nitrogens with zero attached hydrogens (tertiary/aromatic N) is 3. The van der Waals surface area contributed by atoms with Gasteiger partial charge in [-0.2, -0.15) is 0 Å². The summed E-state index contributed by atoms with van der Waals surface area (Å²) in [5.41, 5.74) is 7.04. The summed E-state index contributed by atoms with van der Waals surface area (Å²) in [7, 11) is 1.63. The molecule has 0 bridgehead atoms. The van der Waals surface area contributed by atoms with Crippen LogP contribution < -0.4 is 5.32 Å². The van der Waals surface area contributed by atoms with Gasteiger partial charge in [-0.15, -0.1) is 5.11 Å². The first kappa shape index (κ1) is 15.1. The summed E-state index contributed by atoms with van der Waals surface area (Å²) < 4.78 is 6.76. The maximum atomic E-state index is 11.9. The minimum absolute atomic E-state index is 0.0259. The van der Waals surface area contributed by atoms with Gasteiger partial charge in [0.1, 0.15) is 12.6 Å². The van der Waals surface area contributed by atoms with Gasteiger partial charge < -0.3 is 14.6 Å². The fourth-order valence-electron chi connectivity index (χ4n) is 2.36. The highest BCUT2D eigenvalue weighted by molar-refractivity contribution is 5.97. The molecule has 0 aromatic carbocycles. The van der Waals surface area contributed by atoms with E-state index >= 15 is 0 Å². The second-order valence-corrected chi connectivity index (χ2v) is 5.07. The van der Waals surface area contributed by atoms with E-state index in [9.17, 15) is 9.59 Å². The quantitative estimate of drug-likeness (QED) is 0.635. The lowest BCUT2D eigenvalue weighted by atomic mass is 9.98. The molecule has 1 saturated carbocycles. The molecule has 0 atom stereocenters. The SMILES string of the molecule is Cn1cnc(C(=O)NCC(=O)OC2CCCCC2)c1N=N. The number of imidazole rings is 1. The highest BCUT2D eigenvalue weighted by Gasteiger charge is 2.20. The van der Waals surface area contributed by atoms with Crippen LogP contribution in [0.5, 0.6) is 0 Å². The van der Waals surface area contributed by atoms with Crippen molar-refractivity contribution in [2.24, 2.45) is 12.2 Å². The van der Waals surface area contributed by atoms with Crippen LogP contribution in [-0.2, 0) is 16.6 Å². The van der Waals surface area contributed by atoms with Crippen molar-refractivity contribution in [3.63, 3.8) is 0 Å². The zero-order chi connectivity index (χ0) is 15.2. The van der Waals surface area contributed by atoms with Crippen LogP contribution in [0.4, 0.5) is 5.82 Å². The Bertz CT molecular complexity index is 534. The number of nitrogens with one attached hydrogen (secondary N) is 2. The third-order valence-corrected chi connectivity index (χ3v) is 3.47. The number of carbonyl (C=O) groups excluding carboxylic acids is 2. The van der Waals surface area contributed by atoms with Gasteiger partial charge in [0.2, 0.25) is 0 Å². The van der Waals surface area contributed by atoms with Crippen molar-refractivity contribution in [2.45, 2.75) is 38.2 Å². The Morgan fingerprint density at radius 2 is 2.19 bits per heavy atom. The molecule has 0 saturated heterocycles. The van der Waals surface area contributed by atoms with E-state index in [1.165, 1.54) is 17.3 Å². The number of aromatic nitrogens is 2. The van der Waals surface area contributed by atoms with E-state index in [2.05, 4.69) is 15.4 Å². The zero-order valence-electron chi connectivity index (χ0n) is 12.0. The van der Waals surface area contributed by atoms with Crippen LogP contribution >= 0.6 is 0 Å². The van der Waals surface area contributed by atoms with Crippen LogP contribution in [0.2, 0.25) is 0 Å². The first-order chi connectivity index (χ1) is 10.1. The molecule has 0 spiro atoms. The summed E-state index contributed by atoms with van der Waals surface area (Å²) in [6.07, 6.45) is 6.48. The lowest BCUT2D eigenvalue weighted by Crippen LogP contribution is -2.33. The third kappa shape index (κ3) is 3.87. The van der Waals surface area contributed by atoms with Gasteiger partial charge in [-0.3, -0.25) is 9.59 Å². The van der Waals surface area contributed by atoms with Crippen molar-refractivity contribution in [3.05, 3.63) is 12.0 Å². The van der Waals surface area contributed by atoms with Crippen LogP contribution in [0.1, 0.15) is 42.6 Å². The van der Waals surface area contributed by atoms with E-state index in [0.717, 1.165) is 25.7 Å². The number of amides is 1.